The monoisotopic (exact) mass is 161 g/mol. The molecule has 0 aromatic heterocycles. The molecule has 0 saturated heterocycles. The third-order valence-electron chi connectivity index (χ3n) is 2.20. The van der Waals surface area contributed by atoms with Crippen molar-refractivity contribution in [2.75, 3.05) is 5.73 Å². The summed E-state index contributed by atoms with van der Waals surface area (Å²) in [5.74, 6) is 0.880. The van der Waals surface area contributed by atoms with Gasteiger partial charge < -0.3 is 10.2 Å². The van der Waals surface area contributed by atoms with Crippen LogP contribution < -0.4 is 5.73 Å². The van der Waals surface area contributed by atoms with Crippen LogP contribution in [-0.2, 0) is 0 Å². The minimum absolute atomic E-state index is 0.840. The molecule has 62 valence electrons. The molecule has 2 nitrogen and oxygen atoms in total. The Morgan fingerprint density at radius 3 is 2.67 bits per heavy atom. The van der Waals surface area contributed by atoms with E-state index in [1.807, 2.05) is 26.0 Å². The predicted molar refractivity (Wildman–Crippen MR) is 49.2 cm³/mol. The molecule has 0 fully saturated rings. The minimum Gasteiger partial charge on any atom is -0.464 e. The van der Waals surface area contributed by atoms with Crippen LogP contribution in [0.3, 0.4) is 0 Å². The first-order chi connectivity index (χ1) is 5.70. The molecule has 2 N–H and O–H groups in total. The molecule has 0 bridgehead atoms. The number of hydrogen-bond acceptors (Lipinski definition) is 2. The Bertz CT molecular complexity index is 389. The molecule has 2 aliphatic rings. The molecule has 0 unspecified atom stereocenters. The van der Waals surface area contributed by atoms with Gasteiger partial charge >= 0.3 is 0 Å². The van der Waals surface area contributed by atoms with Gasteiger partial charge in [-0.05, 0) is 37.1 Å². The number of nitrogens with two attached hydrogens (primary N) is 1. The summed E-state index contributed by atoms with van der Waals surface area (Å²) in [7, 11) is 0. The van der Waals surface area contributed by atoms with E-state index in [-0.39, 0.29) is 0 Å². The van der Waals surface area contributed by atoms with Gasteiger partial charge in [0.2, 0.25) is 0 Å². The first-order valence-electron chi connectivity index (χ1n) is 3.93. The highest BCUT2D eigenvalue weighted by Gasteiger charge is 2.14. The van der Waals surface area contributed by atoms with Crippen molar-refractivity contribution < 1.29 is 4.42 Å². The molecule has 0 amide bonds. The summed E-state index contributed by atoms with van der Waals surface area (Å²) in [5.41, 5.74) is 10.0. The quantitative estimate of drug-likeness (QED) is 0.645. The number of fused-ring (bicyclic) bond motifs is 1. The van der Waals surface area contributed by atoms with Crippen molar-refractivity contribution in [3.8, 4) is 11.3 Å². The topological polar surface area (TPSA) is 39.2 Å². The zero-order valence-electron chi connectivity index (χ0n) is 7.22. The molecule has 0 atom stereocenters. The standard InChI is InChI=1S/C10H11NO/c1-6-3-4-12-8-5-7(2)10(11)9(6)8/h3-5H,11H2,1-2H3. The highest BCUT2D eigenvalue weighted by Crippen LogP contribution is 2.35. The first kappa shape index (κ1) is 7.22. The molecule has 0 saturated carbocycles. The molecular formula is C10H11NO. The fourth-order valence-corrected chi connectivity index (χ4v) is 1.47. The maximum Gasteiger partial charge on any atom is 0.136 e. The van der Waals surface area contributed by atoms with Crippen LogP contribution in [0, 0.1) is 13.8 Å². The van der Waals surface area contributed by atoms with Crippen LogP contribution in [0.15, 0.2) is 22.8 Å². The third-order valence-corrected chi connectivity index (χ3v) is 2.20. The molecule has 2 heteroatoms. The van der Waals surface area contributed by atoms with Crippen molar-refractivity contribution in [2.45, 2.75) is 13.8 Å². The van der Waals surface area contributed by atoms with Crippen molar-refractivity contribution in [2.24, 2.45) is 0 Å². The maximum absolute atomic E-state index is 5.88. The van der Waals surface area contributed by atoms with Crippen LogP contribution >= 0.6 is 0 Å². The zero-order valence-corrected chi connectivity index (χ0v) is 7.22. The molecule has 0 aromatic carbocycles. The Balaban J connectivity index is 2.85. The van der Waals surface area contributed by atoms with Gasteiger partial charge in [0.15, 0.2) is 0 Å². The second-order valence-corrected chi connectivity index (χ2v) is 3.08. The van der Waals surface area contributed by atoms with Crippen molar-refractivity contribution in [1.29, 1.82) is 0 Å². The van der Waals surface area contributed by atoms with Crippen LogP contribution in [0.1, 0.15) is 11.1 Å². The number of rotatable bonds is 0. The van der Waals surface area contributed by atoms with Crippen molar-refractivity contribution in [3.05, 3.63) is 29.5 Å². The zero-order chi connectivity index (χ0) is 8.72. The predicted octanol–water partition coefficient (Wildman–Crippen LogP) is 2.58. The van der Waals surface area contributed by atoms with Crippen LogP contribution in [-0.4, -0.2) is 0 Å². The van der Waals surface area contributed by atoms with E-state index < -0.39 is 0 Å². The fourth-order valence-electron chi connectivity index (χ4n) is 1.47. The van der Waals surface area contributed by atoms with E-state index >= 15 is 0 Å². The summed E-state index contributed by atoms with van der Waals surface area (Å²) in [6.07, 6.45) is 1.69. The summed E-state index contributed by atoms with van der Waals surface area (Å²) in [4.78, 5) is 0. The molecule has 2 rings (SSSR count). The summed E-state index contributed by atoms with van der Waals surface area (Å²) in [6, 6.07) is 3.90. The van der Waals surface area contributed by atoms with Crippen molar-refractivity contribution in [3.63, 3.8) is 0 Å². The van der Waals surface area contributed by atoms with Gasteiger partial charge in [0.1, 0.15) is 5.76 Å². The molecule has 1 aliphatic carbocycles. The van der Waals surface area contributed by atoms with Gasteiger partial charge in [-0.15, -0.1) is 0 Å². The Morgan fingerprint density at radius 1 is 1.25 bits per heavy atom. The third kappa shape index (κ3) is 0.811. The average Bonchev–Trinajstić information content (AvgIpc) is 2.29. The van der Waals surface area contributed by atoms with Crippen LogP contribution in [0.5, 0.6) is 0 Å². The summed E-state index contributed by atoms with van der Waals surface area (Å²) < 4.78 is 5.31. The van der Waals surface area contributed by atoms with Crippen LogP contribution in [0.2, 0.25) is 0 Å². The lowest BCUT2D eigenvalue weighted by molar-refractivity contribution is 0.565. The van der Waals surface area contributed by atoms with Gasteiger partial charge in [-0.1, -0.05) is 0 Å². The maximum atomic E-state index is 5.88. The molecule has 0 radical (unpaired) electrons. The van der Waals surface area contributed by atoms with E-state index in [2.05, 4.69) is 0 Å². The Labute approximate surface area is 71.3 Å². The van der Waals surface area contributed by atoms with E-state index in [0.717, 1.165) is 22.6 Å². The van der Waals surface area contributed by atoms with E-state index in [1.165, 1.54) is 5.56 Å². The SMILES string of the molecule is Cc1cc2occc(C)c-2c1N. The second-order valence-electron chi connectivity index (χ2n) is 3.08. The van der Waals surface area contributed by atoms with E-state index in [0.29, 0.717) is 0 Å². The fraction of sp³-hybridized carbons (Fsp3) is 0.200. The van der Waals surface area contributed by atoms with E-state index in [9.17, 15) is 0 Å². The van der Waals surface area contributed by atoms with E-state index in [4.69, 9.17) is 10.2 Å². The van der Waals surface area contributed by atoms with Crippen LogP contribution in [0.4, 0.5) is 5.69 Å². The number of anilines is 1. The minimum atomic E-state index is 0.840. The molecule has 12 heavy (non-hydrogen) atoms. The lowest BCUT2D eigenvalue weighted by Crippen LogP contribution is -1.88. The van der Waals surface area contributed by atoms with Gasteiger partial charge in [-0.25, -0.2) is 0 Å². The van der Waals surface area contributed by atoms with E-state index in [1.54, 1.807) is 6.26 Å². The largest absolute Gasteiger partial charge is 0.464 e. The Morgan fingerprint density at radius 2 is 2.00 bits per heavy atom. The molecular weight excluding hydrogens is 150 g/mol. The van der Waals surface area contributed by atoms with Crippen LogP contribution in [0.25, 0.3) is 11.3 Å². The van der Waals surface area contributed by atoms with Gasteiger partial charge in [0, 0.05) is 11.3 Å². The molecule has 0 aromatic rings. The van der Waals surface area contributed by atoms with Gasteiger partial charge in [0.05, 0.1) is 6.26 Å². The number of aryl methyl sites for hydroxylation is 2. The summed E-state index contributed by atoms with van der Waals surface area (Å²) >= 11 is 0. The Kier molecular flexibility index (Phi) is 1.37. The first-order valence-corrected chi connectivity index (χ1v) is 3.93. The number of nitrogen functional groups attached to an aromatic ring is 1. The number of hydrogen-bond donors (Lipinski definition) is 1. The molecule has 1 aliphatic heterocycles. The smallest absolute Gasteiger partial charge is 0.136 e. The molecule has 1 heterocycles. The summed E-state index contributed by atoms with van der Waals surface area (Å²) in [6.45, 7) is 4.03. The molecule has 0 spiro atoms. The van der Waals surface area contributed by atoms with Crippen molar-refractivity contribution >= 4 is 5.69 Å². The average molecular weight is 161 g/mol. The van der Waals surface area contributed by atoms with Gasteiger partial charge in [-0.2, -0.15) is 0 Å². The second kappa shape index (κ2) is 2.27. The summed E-state index contributed by atoms with van der Waals surface area (Å²) in [5, 5.41) is 0. The van der Waals surface area contributed by atoms with Gasteiger partial charge in [-0.3, -0.25) is 0 Å². The lowest BCUT2D eigenvalue weighted by Gasteiger charge is -2.02. The highest BCUT2D eigenvalue weighted by atomic mass is 16.3. The lowest BCUT2D eigenvalue weighted by atomic mass is 10.1. The highest BCUT2D eigenvalue weighted by molar-refractivity contribution is 5.82. The normalized spacial score (nSPS) is 10.8. The van der Waals surface area contributed by atoms with Crippen molar-refractivity contribution in [1.82, 2.24) is 0 Å². The Hall–Kier alpha value is -1.44. The van der Waals surface area contributed by atoms with Gasteiger partial charge in [0.25, 0.3) is 0 Å².